The average molecular weight is 314 g/mol. The normalized spacial score (nSPS) is 11.5. The molecule has 0 spiro atoms. The Bertz CT molecular complexity index is 895. The van der Waals surface area contributed by atoms with Crippen LogP contribution in [0.5, 0.6) is 5.75 Å². The molecule has 6 heteroatoms. The summed E-state index contributed by atoms with van der Waals surface area (Å²) in [6.07, 6.45) is 4.75. The van der Waals surface area contributed by atoms with Crippen molar-refractivity contribution in [1.29, 1.82) is 0 Å². The highest BCUT2D eigenvalue weighted by molar-refractivity contribution is 7.90. The monoisotopic (exact) mass is 314 g/mol. The molecule has 0 aliphatic rings. The predicted molar refractivity (Wildman–Crippen MR) is 83.8 cm³/mol. The second kappa shape index (κ2) is 5.31. The molecule has 5 nitrogen and oxygen atoms in total. The Hall–Kier alpha value is -2.60. The van der Waals surface area contributed by atoms with E-state index in [-0.39, 0.29) is 10.6 Å². The van der Waals surface area contributed by atoms with Gasteiger partial charge in [0.25, 0.3) is 0 Å². The molecular formula is C16H14N2O3S. The van der Waals surface area contributed by atoms with E-state index in [0.717, 1.165) is 16.8 Å². The first-order valence-electron chi connectivity index (χ1n) is 6.58. The van der Waals surface area contributed by atoms with Crippen LogP contribution in [-0.2, 0) is 9.84 Å². The van der Waals surface area contributed by atoms with Crippen LogP contribution in [0.3, 0.4) is 0 Å². The van der Waals surface area contributed by atoms with Crippen molar-refractivity contribution in [2.24, 2.45) is 0 Å². The van der Waals surface area contributed by atoms with Crippen LogP contribution in [0.15, 0.2) is 65.8 Å². The summed E-state index contributed by atoms with van der Waals surface area (Å²) in [4.78, 5) is 0.280. The molecule has 0 amide bonds. The maximum Gasteiger partial charge on any atom is 0.175 e. The Morgan fingerprint density at radius 2 is 1.59 bits per heavy atom. The third-order valence-electron chi connectivity index (χ3n) is 3.31. The molecule has 1 aromatic heterocycles. The number of sulfone groups is 1. The van der Waals surface area contributed by atoms with Crippen LogP contribution < -0.4 is 0 Å². The summed E-state index contributed by atoms with van der Waals surface area (Å²) in [7, 11) is -3.20. The molecule has 0 unspecified atom stereocenters. The van der Waals surface area contributed by atoms with Crippen molar-refractivity contribution in [2.45, 2.75) is 4.90 Å². The summed E-state index contributed by atoms with van der Waals surface area (Å²) in [6.45, 7) is 0. The molecule has 3 rings (SSSR count). The number of aromatic hydroxyl groups is 1. The van der Waals surface area contributed by atoms with Crippen molar-refractivity contribution in [3.63, 3.8) is 0 Å². The average Bonchev–Trinajstić information content (AvgIpc) is 2.97. The lowest BCUT2D eigenvalue weighted by molar-refractivity contribution is 0.475. The topological polar surface area (TPSA) is 72.2 Å². The van der Waals surface area contributed by atoms with Gasteiger partial charge >= 0.3 is 0 Å². The van der Waals surface area contributed by atoms with Crippen LogP contribution in [0, 0.1) is 0 Å². The molecule has 1 N–H and O–H groups in total. The highest BCUT2D eigenvalue weighted by Crippen LogP contribution is 2.22. The van der Waals surface area contributed by atoms with Gasteiger partial charge in [-0.05, 0) is 42.0 Å². The van der Waals surface area contributed by atoms with E-state index in [1.807, 2.05) is 18.3 Å². The number of hydrogen-bond donors (Lipinski definition) is 1. The van der Waals surface area contributed by atoms with Crippen LogP contribution in [0.25, 0.3) is 16.8 Å². The lowest BCUT2D eigenvalue weighted by Crippen LogP contribution is -1.98. The lowest BCUT2D eigenvalue weighted by atomic mass is 10.1. The van der Waals surface area contributed by atoms with Gasteiger partial charge in [-0.2, -0.15) is 5.10 Å². The van der Waals surface area contributed by atoms with Crippen LogP contribution in [0.2, 0.25) is 0 Å². The van der Waals surface area contributed by atoms with Crippen molar-refractivity contribution in [1.82, 2.24) is 9.78 Å². The van der Waals surface area contributed by atoms with E-state index in [9.17, 15) is 13.5 Å². The van der Waals surface area contributed by atoms with Crippen molar-refractivity contribution in [3.05, 3.63) is 60.9 Å². The summed E-state index contributed by atoms with van der Waals surface area (Å²) in [5.74, 6) is 0.215. The van der Waals surface area contributed by atoms with E-state index < -0.39 is 9.84 Å². The van der Waals surface area contributed by atoms with Crippen molar-refractivity contribution in [2.75, 3.05) is 6.26 Å². The van der Waals surface area contributed by atoms with Gasteiger partial charge in [-0.15, -0.1) is 0 Å². The number of phenolic OH excluding ortho intramolecular Hbond substituents is 1. The first-order chi connectivity index (χ1) is 10.4. The minimum absolute atomic E-state index is 0.215. The molecule has 22 heavy (non-hydrogen) atoms. The van der Waals surface area contributed by atoms with E-state index in [0.29, 0.717) is 0 Å². The highest BCUT2D eigenvalue weighted by atomic mass is 32.2. The van der Waals surface area contributed by atoms with Crippen LogP contribution in [-0.4, -0.2) is 29.6 Å². The second-order valence-corrected chi connectivity index (χ2v) is 7.00. The lowest BCUT2D eigenvalue weighted by Gasteiger charge is -2.03. The Kier molecular flexibility index (Phi) is 3.46. The largest absolute Gasteiger partial charge is 0.508 e. The van der Waals surface area contributed by atoms with Gasteiger partial charge in [0.05, 0.1) is 16.8 Å². The number of benzene rings is 2. The van der Waals surface area contributed by atoms with Crippen LogP contribution in [0.4, 0.5) is 0 Å². The maximum absolute atomic E-state index is 11.5. The zero-order valence-corrected chi connectivity index (χ0v) is 12.7. The quantitative estimate of drug-likeness (QED) is 0.806. The molecule has 0 radical (unpaired) electrons. The predicted octanol–water partition coefficient (Wildman–Crippen LogP) is 2.65. The number of phenols is 1. The second-order valence-electron chi connectivity index (χ2n) is 4.99. The first-order valence-corrected chi connectivity index (χ1v) is 8.47. The summed E-state index contributed by atoms with van der Waals surface area (Å²) in [6, 6.07) is 13.4. The van der Waals surface area contributed by atoms with Crippen molar-refractivity contribution in [3.8, 4) is 22.6 Å². The highest BCUT2D eigenvalue weighted by Gasteiger charge is 2.08. The molecular weight excluding hydrogens is 300 g/mol. The molecule has 112 valence electrons. The Morgan fingerprint density at radius 3 is 2.18 bits per heavy atom. The van der Waals surface area contributed by atoms with Crippen LogP contribution >= 0.6 is 0 Å². The molecule has 0 bridgehead atoms. The first kappa shape index (κ1) is 14.3. The van der Waals surface area contributed by atoms with Gasteiger partial charge in [0.2, 0.25) is 0 Å². The van der Waals surface area contributed by atoms with Gasteiger partial charge in [-0.3, -0.25) is 0 Å². The Morgan fingerprint density at radius 1 is 0.955 bits per heavy atom. The molecule has 0 fully saturated rings. The van der Waals surface area contributed by atoms with Gasteiger partial charge in [0.1, 0.15) is 5.75 Å². The zero-order chi connectivity index (χ0) is 15.7. The number of nitrogens with zero attached hydrogens (tertiary/aromatic N) is 2. The third kappa shape index (κ3) is 2.87. The van der Waals surface area contributed by atoms with E-state index in [1.165, 1.54) is 6.26 Å². The van der Waals surface area contributed by atoms with Crippen LogP contribution in [0.1, 0.15) is 0 Å². The minimum Gasteiger partial charge on any atom is -0.508 e. The standard InChI is InChI=1S/C16H14N2O3S/c1-22(20,21)16-8-4-14(5-9-16)18-11-13(10-17-18)12-2-6-15(19)7-3-12/h2-11,19H,1H3. The molecule has 0 aliphatic heterocycles. The molecule has 0 saturated carbocycles. The summed E-state index contributed by atoms with van der Waals surface area (Å²) in [5, 5.41) is 13.6. The van der Waals surface area contributed by atoms with Gasteiger partial charge in [-0.1, -0.05) is 12.1 Å². The summed E-state index contributed by atoms with van der Waals surface area (Å²) >= 11 is 0. The third-order valence-corrected chi connectivity index (χ3v) is 4.44. The fourth-order valence-corrected chi connectivity index (χ4v) is 2.74. The SMILES string of the molecule is CS(=O)(=O)c1ccc(-n2cc(-c3ccc(O)cc3)cn2)cc1. The zero-order valence-electron chi connectivity index (χ0n) is 11.8. The number of rotatable bonds is 3. The molecule has 2 aromatic carbocycles. The van der Waals surface area contributed by atoms with Crippen molar-refractivity contribution < 1.29 is 13.5 Å². The van der Waals surface area contributed by atoms with Gasteiger partial charge in [-0.25, -0.2) is 13.1 Å². The van der Waals surface area contributed by atoms with Crippen molar-refractivity contribution >= 4 is 9.84 Å². The molecule has 0 atom stereocenters. The van der Waals surface area contributed by atoms with Gasteiger partial charge < -0.3 is 5.11 Å². The van der Waals surface area contributed by atoms with E-state index in [4.69, 9.17) is 0 Å². The molecule has 0 aliphatic carbocycles. The molecule has 0 saturated heterocycles. The fraction of sp³-hybridized carbons (Fsp3) is 0.0625. The van der Waals surface area contributed by atoms with E-state index >= 15 is 0 Å². The Balaban J connectivity index is 1.92. The molecule has 3 aromatic rings. The molecule has 1 heterocycles. The van der Waals surface area contributed by atoms with Gasteiger partial charge in [0, 0.05) is 18.0 Å². The number of hydrogen-bond acceptors (Lipinski definition) is 4. The smallest absolute Gasteiger partial charge is 0.175 e. The number of aromatic nitrogens is 2. The maximum atomic E-state index is 11.5. The summed E-state index contributed by atoms with van der Waals surface area (Å²) in [5.41, 5.74) is 2.63. The van der Waals surface area contributed by atoms with Gasteiger partial charge in [0.15, 0.2) is 9.84 Å². The van der Waals surface area contributed by atoms with E-state index in [2.05, 4.69) is 5.10 Å². The van der Waals surface area contributed by atoms with E-state index in [1.54, 1.807) is 47.3 Å². The fourth-order valence-electron chi connectivity index (χ4n) is 2.11. The summed E-state index contributed by atoms with van der Waals surface area (Å²) < 4.78 is 24.6. The minimum atomic E-state index is -3.20. The Labute approximate surface area is 128 Å².